The van der Waals surface area contributed by atoms with Gasteiger partial charge < -0.3 is 4.90 Å². The van der Waals surface area contributed by atoms with Crippen LogP contribution in [0.25, 0.3) is 0 Å². The van der Waals surface area contributed by atoms with E-state index >= 15 is 0 Å². The molecule has 0 saturated carbocycles. The summed E-state index contributed by atoms with van der Waals surface area (Å²) in [6.45, 7) is 2.12. The molecule has 1 aliphatic heterocycles. The number of rotatable bonds is 2. The summed E-state index contributed by atoms with van der Waals surface area (Å²) in [7, 11) is 0. The highest BCUT2D eigenvalue weighted by molar-refractivity contribution is 9.08. The zero-order valence-corrected chi connectivity index (χ0v) is 10.3. The minimum Gasteiger partial charge on any atom is -0.371 e. The van der Waals surface area contributed by atoms with Gasteiger partial charge in [-0.1, -0.05) is 22.0 Å². The van der Waals surface area contributed by atoms with Crippen LogP contribution in [-0.2, 0) is 5.33 Å². The summed E-state index contributed by atoms with van der Waals surface area (Å²) in [5.74, 6) is -0.102. The molecule has 1 heterocycles. The molecule has 0 aliphatic carbocycles. The van der Waals surface area contributed by atoms with E-state index in [9.17, 15) is 4.39 Å². The average Bonchev–Trinajstić information content (AvgIpc) is 2.30. The van der Waals surface area contributed by atoms with Crippen LogP contribution in [0, 0.1) is 5.82 Å². The highest BCUT2D eigenvalue weighted by atomic mass is 79.9. The molecule has 1 aromatic carbocycles. The lowest BCUT2D eigenvalue weighted by molar-refractivity contribution is 0.571. The van der Waals surface area contributed by atoms with Crippen LogP contribution in [0.3, 0.4) is 0 Å². The Hall–Kier alpha value is -0.570. The molecule has 0 aromatic heterocycles. The molecule has 1 aliphatic rings. The first-order chi connectivity index (χ1) is 7.33. The third kappa shape index (κ3) is 2.33. The Kier molecular flexibility index (Phi) is 3.62. The predicted molar refractivity (Wildman–Crippen MR) is 65.1 cm³/mol. The molecule has 0 spiro atoms. The molecule has 1 aromatic rings. The number of alkyl halides is 1. The Bertz CT molecular complexity index is 334. The Morgan fingerprint density at radius 3 is 2.60 bits per heavy atom. The van der Waals surface area contributed by atoms with Crippen molar-refractivity contribution < 1.29 is 4.39 Å². The maximum atomic E-state index is 13.5. The molecule has 0 N–H and O–H groups in total. The second-order valence-corrected chi connectivity index (χ2v) is 4.48. The molecule has 0 bridgehead atoms. The van der Waals surface area contributed by atoms with Crippen LogP contribution in [0.4, 0.5) is 10.1 Å². The van der Waals surface area contributed by atoms with Crippen LogP contribution in [0.5, 0.6) is 0 Å². The molecule has 0 atom stereocenters. The van der Waals surface area contributed by atoms with Crippen LogP contribution in [-0.4, -0.2) is 13.1 Å². The molecule has 15 heavy (non-hydrogen) atoms. The van der Waals surface area contributed by atoms with E-state index in [0.717, 1.165) is 24.3 Å². The van der Waals surface area contributed by atoms with E-state index in [4.69, 9.17) is 0 Å². The molecular weight excluding hydrogens is 257 g/mol. The maximum absolute atomic E-state index is 13.5. The summed E-state index contributed by atoms with van der Waals surface area (Å²) in [5.41, 5.74) is 1.85. The molecule has 1 fully saturated rings. The summed E-state index contributed by atoms with van der Waals surface area (Å²) in [4.78, 5) is 2.29. The Morgan fingerprint density at radius 1 is 1.20 bits per heavy atom. The SMILES string of the molecule is Fc1cccc(N2CCCCC2)c1CBr. The van der Waals surface area contributed by atoms with Crippen molar-refractivity contribution in [3.63, 3.8) is 0 Å². The summed E-state index contributed by atoms with van der Waals surface area (Å²) in [6.07, 6.45) is 3.74. The predicted octanol–water partition coefficient (Wildman–Crippen LogP) is 3.71. The lowest BCUT2D eigenvalue weighted by Gasteiger charge is -2.30. The van der Waals surface area contributed by atoms with Crippen LogP contribution in [0.2, 0.25) is 0 Å². The fourth-order valence-corrected chi connectivity index (χ4v) is 2.67. The fourth-order valence-electron chi connectivity index (χ4n) is 2.11. The van der Waals surface area contributed by atoms with E-state index in [1.165, 1.54) is 25.3 Å². The second kappa shape index (κ2) is 4.97. The van der Waals surface area contributed by atoms with Gasteiger partial charge in [-0.05, 0) is 31.4 Å². The molecule has 3 heteroatoms. The van der Waals surface area contributed by atoms with Crippen molar-refractivity contribution in [3.8, 4) is 0 Å². The number of hydrogen-bond acceptors (Lipinski definition) is 1. The summed E-state index contributed by atoms with van der Waals surface area (Å²) < 4.78 is 13.5. The van der Waals surface area contributed by atoms with Gasteiger partial charge in [-0.2, -0.15) is 0 Å². The molecule has 0 radical (unpaired) electrons. The van der Waals surface area contributed by atoms with Gasteiger partial charge in [0.25, 0.3) is 0 Å². The number of halogens is 2. The molecule has 0 amide bonds. The first-order valence-corrected chi connectivity index (χ1v) is 6.53. The van der Waals surface area contributed by atoms with Gasteiger partial charge >= 0.3 is 0 Å². The second-order valence-electron chi connectivity index (χ2n) is 3.92. The van der Waals surface area contributed by atoms with Gasteiger partial charge in [0, 0.05) is 29.7 Å². The quantitative estimate of drug-likeness (QED) is 0.742. The van der Waals surface area contributed by atoms with E-state index in [2.05, 4.69) is 20.8 Å². The van der Waals surface area contributed by atoms with Gasteiger partial charge in [0.15, 0.2) is 0 Å². The molecule has 82 valence electrons. The molecule has 0 unspecified atom stereocenters. The fraction of sp³-hybridized carbons (Fsp3) is 0.500. The van der Waals surface area contributed by atoms with E-state index in [1.807, 2.05) is 6.07 Å². The summed E-state index contributed by atoms with van der Waals surface area (Å²) in [6, 6.07) is 5.35. The Labute approximate surface area is 98.4 Å². The van der Waals surface area contributed by atoms with Crippen LogP contribution in [0.15, 0.2) is 18.2 Å². The molecular formula is C12H15BrFN. The van der Waals surface area contributed by atoms with Crippen molar-refractivity contribution in [2.24, 2.45) is 0 Å². The minimum absolute atomic E-state index is 0.102. The van der Waals surface area contributed by atoms with E-state index in [1.54, 1.807) is 6.07 Å². The van der Waals surface area contributed by atoms with Crippen LogP contribution in [0.1, 0.15) is 24.8 Å². The van der Waals surface area contributed by atoms with Crippen molar-refractivity contribution >= 4 is 21.6 Å². The standard InChI is InChI=1S/C12H15BrFN/c13-9-10-11(14)5-4-6-12(10)15-7-2-1-3-8-15/h4-6H,1-3,7-9H2. The zero-order valence-electron chi connectivity index (χ0n) is 8.68. The highest BCUT2D eigenvalue weighted by Crippen LogP contribution is 2.27. The normalized spacial score (nSPS) is 16.8. The molecule has 1 saturated heterocycles. The van der Waals surface area contributed by atoms with Gasteiger partial charge in [-0.3, -0.25) is 0 Å². The summed E-state index contributed by atoms with van der Waals surface area (Å²) in [5, 5.41) is 0.589. The lowest BCUT2D eigenvalue weighted by Crippen LogP contribution is -2.30. The zero-order chi connectivity index (χ0) is 10.7. The summed E-state index contributed by atoms with van der Waals surface area (Å²) >= 11 is 3.36. The van der Waals surface area contributed by atoms with Crippen molar-refractivity contribution in [2.75, 3.05) is 18.0 Å². The Morgan fingerprint density at radius 2 is 1.93 bits per heavy atom. The van der Waals surface area contributed by atoms with E-state index in [0.29, 0.717) is 5.33 Å². The van der Waals surface area contributed by atoms with Crippen molar-refractivity contribution in [1.29, 1.82) is 0 Å². The number of piperidine rings is 1. The largest absolute Gasteiger partial charge is 0.371 e. The third-order valence-electron chi connectivity index (χ3n) is 2.92. The van der Waals surface area contributed by atoms with Crippen LogP contribution >= 0.6 is 15.9 Å². The lowest BCUT2D eigenvalue weighted by atomic mass is 10.1. The minimum atomic E-state index is -0.102. The topological polar surface area (TPSA) is 3.24 Å². The first-order valence-electron chi connectivity index (χ1n) is 5.41. The number of benzene rings is 1. The van der Waals surface area contributed by atoms with Crippen molar-refractivity contribution in [3.05, 3.63) is 29.6 Å². The monoisotopic (exact) mass is 271 g/mol. The maximum Gasteiger partial charge on any atom is 0.129 e. The van der Waals surface area contributed by atoms with Crippen molar-refractivity contribution in [1.82, 2.24) is 0 Å². The van der Waals surface area contributed by atoms with Gasteiger partial charge in [-0.25, -0.2) is 4.39 Å². The Balaban J connectivity index is 2.29. The van der Waals surface area contributed by atoms with Gasteiger partial charge in [-0.15, -0.1) is 0 Å². The van der Waals surface area contributed by atoms with E-state index in [-0.39, 0.29) is 5.82 Å². The number of anilines is 1. The van der Waals surface area contributed by atoms with Gasteiger partial charge in [0.2, 0.25) is 0 Å². The van der Waals surface area contributed by atoms with Gasteiger partial charge in [0.1, 0.15) is 5.82 Å². The number of nitrogens with zero attached hydrogens (tertiary/aromatic N) is 1. The molecule has 1 nitrogen and oxygen atoms in total. The van der Waals surface area contributed by atoms with Crippen LogP contribution < -0.4 is 4.90 Å². The molecule has 2 rings (SSSR count). The third-order valence-corrected chi connectivity index (χ3v) is 3.49. The first kappa shape index (κ1) is 10.9. The van der Waals surface area contributed by atoms with Crippen molar-refractivity contribution in [2.45, 2.75) is 24.6 Å². The number of hydrogen-bond donors (Lipinski definition) is 0. The van der Waals surface area contributed by atoms with E-state index < -0.39 is 0 Å². The highest BCUT2D eigenvalue weighted by Gasteiger charge is 2.15. The smallest absolute Gasteiger partial charge is 0.129 e. The van der Waals surface area contributed by atoms with Gasteiger partial charge in [0.05, 0.1) is 0 Å². The average molecular weight is 272 g/mol.